The van der Waals surface area contributed by atoms with Gasteiger partial charge in [-0.25, -0.2) is 0 Å². The van der Waals surface area contributed by atoms with Gasteiger partial charge in [0.25, 0.3) is 0 Å². The second kappa shape index (κ2) is 7.85. The fraction of sp³-hybridized carbons (Fsp3) is 0.933. The lowest BCUT2D eigenvalue weighted by Gasteiger charge is -2.31. The first-order chi connectivity index (χ1) is 8.91. The molecule has 1 heterocycles. The van der Waals surface area contributed by atoms with E-state index in [1.54, 1.807) is 0 Å². The molecule has 112 valence electrons. The van der Waals surface area contributed by atoms with E-state index in [1.165, 1.54) is 12.8 Å². The number of rotatable bonds is 7. The predicted octanol–water partition coefficient (Wildman–Crippen LogP) is 1.60. The quantitative estimate of drug-likeness (QED) is 0.738. The number of hydrogen-bond donors (Lipinski definition) is 2. The second-order valence-corrected chi connectivity index (χ2v) is 6.54. The van der Waals surface area contributed by atoms with Crippen LogP contribution in [0.1, 0.15) is 47.0 Å². The zero-order valence-corrected chi connectivity index (χ0v) is 13.0. The minimum absolute atomic E-state index is 0.00135. The van der Waals surface area contributed by atoms with Gasteiger partial charge in [0.2, 0.25) is 5.91 Å². The monoisotopic (exact) mass is 269 g/mol. The van der Waals surface area contributed by atoms with E-state index in [4.69, 9.17) is 5.73 Å². The van der Waals surface area contributed by atoms with Gasteiger partial charge in [-0.05, 0) is 44.2 Å². The molecule has 0 aromatic rings. The maximum absolute atomic E-state index is 12.0. The maximum atomic E-state index is 12.0. The van der Waals surface area contributed by atoms with Gasteiger partial charge < -0.3 is 11.1 Å². The molecule has 1 saturated heterocycles. The molecule has 0 aromatic carbocycles. The molecule has 1 rings (SSSR count). The van der Waals surface area contributed by atoms with E-state index < -0.39 is 0 Å². The molecule has 2 atom stereocenters. The average Bonchev–Trinajstić information content (AvgIpc) is 2.81. The summed E-state index contributed by atoms with van der Waals surface area (Å²) in [6, 6.07) is 0.0732. The number of nitrogens with two attached hydrogens (primary N) is 1. The first-order valence-electron chi connectivity index (χ1n) is 7.69. The normalized spacial score (nSPS) is 19.9. The van der Waals surface area contributed by atoms with Crippen LogP contribution in [0.15, 0.2) is 0 Å². The van der Waals surface area contributed by atoms with E-state index in [9.17, 15) is 4.79 Å². The van der Waals surface area contributed by atoms with Crippen molar-refractivity contribution in [3.8, 4) is 0 Å². The highest BCUT2D eigenvalue weighted by Crippen LogP contribution is 2.17. The topological polar surface area (TPSA) is 58.4 Å². The standard InChI is InChI=1S/C15H31N3O/c1-11(2)9-13(16)15(19)17-10-14(12(3)4)18-7-5-6-8-18/h11-14H,5-10,16H2,1-4H3,(H,17,19)/t13-,14?/m1/s1. The zero-order valence-electron chi connectivity index (χ0n) is 13.0. The van der Waals surface area contributed by atoms with Crippen molar-refractivity contribution in [1.82, 2.24) is 10.2 Å². The van der Waals surface area contributed by atoms with E-state index >= 15 is 0 Å². The SMILES string of the molecule is CC(C)C[C@@H](N)C(=O)NCC(C(C)C)N1CCCC1. The lowest BCUT2D eigenvalue weighted by Crippen LogP contribution is -2.49. The van der Waals surface area contributed by atoms with Crippen molar-refractivity contribution >= 4 is 5.91 Å². The number of nitrogens with zero attached hydrogens (tertiary/aromatic N) is 1. The van der Waals surface area contributed by atoms with Crippen LogP contribution in [0.4, 0.5) is 0 Å². The molecule has 0 radical (unpaired) electrons. The molecule has 0 bridgehead atoms. The molecule has 0 spiro atoms. The lowest BCUT2D eigenvalue weighted by molar-refractivity contribution is -0.123. The summed E-state index contributed by atoms with van der Waals surface area (Å²) < 4.78 is 0. The summed E-state index contributed by atoms with van der Waals surface area (Å²) in [6.07, 6.45) is 3.32. The summed E-state index contributed by atoms with van der Waals surface area (Å²) >= 11 is 0. The molecular weight excluding hydrogens is 238 g/mol. The number of amides is 1. The minimum atomic E-state index is -0.369. The summed E-state index contributed by atoms with van der Waals surface area (Å²) in [5, 5.41) is 3.04. The van der Waals surface area contributed by atoms with Crippen LogP contribution in [0, 0.1) is 11.8 Å². The summed E-state index contributed by atoms with van der Waals surface area (Å²) in [6.45, 7) is 11.7. The smallest absolute Gasteiger partial charge is 0.236 e. The van der Waals surface area contributed by atoms with Crippen molar-refractivity contribution in [3.05, 3.63) is 0 Å². The Morgan fingerprint density at radius 2 is 1.79 bits per heavy atom. The van der Waals surface area contributed by atoms with Gasteiger partial charge in [-0.1, -0.05) is 27.7 Å². The fourth-order valence-corrected chi connectivity index (χ4v) is 2.81. The molecule has 1 unspecified atom stereocenters. The molecule has 4 nitrogen and oxygen atoms in total. The van der Waals surface area contributed by atoms with Crippen LogP contribution < -0.4 is 11.1 Å². The highest BCUT2D eigenvalue weighted by molar-refractivity contribution is 5.81. The Labute approximate surface area is 118 Å². The van der Waals surface area contributed by atoms with Crippen LogP contribution >= 0.6 is 0 Å². The number of likely N-dealkylation sites (tertiary alicyclic amines) is 1. The summed E-state index contributed by atoms with van der Waals surface area (Å²) in [5.74, 6) is 1.01. The number of nitrogens with one attached hydrogen (secondary N) is 1. The summed E-state index contributed by atoms with van der Waals surface area (Å²) in [7, 11) is 0. The van der Waals surface area contributed by atoms with Crippen molar-refractivity contribution in [1.29, 1.82) is 0 Å². The number of carbonyl (C=O) groups excluding carboxylic acids is 1. The van der Waals surface area contributed by atoms with Crippen molar-refractivity contribution in [3.63, 3.8) is 0 Å². The molecule has 0 saturated carbocycles. The number of hydrogen-bond acceptors (Lipinski definition) is 3. The van der Waals surface area contributed by atoms with E-state index in [2.05, 4.69) is 37.9 Å². The highest BCUT2D eigenvalue weighted by Gasteiger charge is 2.25. The van der Waals surface area contributed by atoms with Gasteiger partial charge in [0.1, 0.15) is 0 Å². The highest BCUT2D eigenvalue weighted by atomic mass is 16.2. The Hall–Kier alpha value is -0.610. The third-order valence-corrected chi connectivity index (χ3v) is 3.93. The third kappa shape index (κ3) is 5.49. The van der Waals surface area contributed by atoms with Crippen molar-refractivity contribution in [2.24, 2.45) is 17.6 Å². The largest absolute Gasteiger partial charge is 0.353 e. The Kier molecular flexibility index (Phi) is 6.80. The van der Waals surface area contributed by atoms with Gasteiger partial charge >= 0.3 is 0 Å². The number of carbonyl (C=O) groups is 1. The van der Waals surface area contributed by atoms with Crippen LogP contribution in [0.2, 0.25) is 0 Å². The van der Waals surface area contributed by atoms with Crippen LogP contribution in [0.3, 0.4) is 0 Å². The van der Waals surface area contributed by atoms with Gasteiger partial charge in [0, 0.05) is 12.6 Å². The molecular formula is C15H31N3O. The molecule has 1 aliphatic rings. The maximum Gasteiger partial charge on any atom is 0.236 e. The molecule has 0 aliphatic carbocycles. The van der Waals surface area contributed by atoms with Crippen LogP contribution in [0.5, 0.6) is 0 Å². The van der Waals surface area contributed by atoms with Gasteiger partial charge in [-0.3, -0.25) is 9.69 Å². The second-order valence-electron chi connectivity index (χ2n) is 6.54. The average molecular weight is 269 g/mol. The van der Waals surface area contributed by atoms with Crippen molar-refractivity contribution < 1.29 is 4.79 Å². The fourth-order valence-electron chi connectivity index (χ4n) is 2.81. The van der Waals surface area contributed by atoms with Gasteiger partial charge in [-0.2, -0.15) is 0 Å². The van der Waals surface area contributed by atoms with Crippen LogP contribution in [-0.4, -0.2) is 42.5 Å². The Morgan fingerprint density at radius 3 is 2.26 bits per heavy atom. The van der Waals surface area contributed by atoms with Crippen molar-refractivity contribution in [2.45, 2.75) is 59.0 Å². The molecule has 1 aliphatic heterocycles. The Balaban J connectivity index is 2.40. The predicted molar refractivity (Wildman–Crippen MR) is 79.9 cm³/mol. The lowest BCUT2D eigenvalue weighted by atomic mass is 10.0. The zero-order chi connectivity index (χ0) is 14.4. The van der Waals surface area contributed by atoms with Crippen molar-refractivity contribution in [2.75, 3.05) is 19.6 Å². The van der Waals surface area contributed by atoms with E-state index in [0.717, 1.165) is 26.1 Å². The van der Waals surface area contributed by atoms with Gasteiger partial charge in [-0.15, -0.1) is 0 Å². The third-order valence-electron chi connectivity index (χ3n) is 3.93. The first kappa shape index (κ1) is 16.4. The molecule has 19 heavy (non-hydrogen) atoms. The van der Waals surface area contributed by atoms with Gasteiger partial charge in [0.05, 0.1) is 6.04 Å². The molecule has 4 heteroatoms. The van der Waals surface area contributed by atoms with E-state index in [-0.39, 0.29) is 11.9 Å². The van der Waals surface area contributed by atoms with Gasteiger partial charge in [0.15, 0.2) is 0 Å². The Morgan fingerprint density at radius 1 is 1.21 bits per heavy atom. The summed E-state index contributed by atoms with van der Waals surface area (Å²) in [5.41, 5.74) is 5.91. The molecule has 1 amide bonds. The van der Waals surface area contributed by atoms with Crippen LogP contribution in [-0.2, 0) is 4.79 Å². The molecule has 0 aromatic heterocycles. The molecule has 3 N–H and O–H groups in total. The Bertz CT molecular complexity index is 273. The minimum Gasteiger partial charge on any atom is -0.353 e. The summed E-state index contributed by atoms with van der Waals surface area (Å²) in [4.78, 5) is 14.5. The van der Waals surface area contributed by atoms with Crippen LogP contribution in [0.25, 0.3) is 0 Å². The first-order valence-corrected chi connectivity index (χ1v) is 7.69. The molecule has 1 fully saturated rings. The van der Waals surface area contributed by atoms with E-state index in [0.29, 0.717) is 17.9 Å². The van der Waals surface area contributed by atoms with E-state index in [1.807, 2.05) is 0 Å².